The molecule has 0 saturated carbocycles. The Bertz CT molecular complexity index is 855. The molecule has 0 saturated heterocycles. The number of carbonyl (C=O) groups is 1. The zero-order valence-corrected chi connectivity index (χ0v) is 15.5. The van der Waals surface area contributed by atoms with Crippen molar-refractivity contribution in [3.05, 3.63) is 53.6 Å². The van der Waals surface area contributed by atoms with Crippen molar-refractivity contribution >= 4 is 38.9 Å². The second-order valence-electron chi connectivity index (χ2n) is 5.23. The van der Waals surface area contributed by atoms with Gasteiger partial charge >= 0.3 is 0 Å². The molecule has 8 heteroatoms. The number of nitrogens with zero attached hydrogens (tertiary/aromatic N) is 1. The first-order valence-corrected chi connectivity index (χ1v) is 9.79. The molecule has 0 fully saturated rings. The van der Waals surface area contributed by atoms with Crippen molar-refractivity contribution in [2.24, 2.45) is 0 Å². The zero-order chi connectivity index (χ0) is 18.4. The van der Waals surface area contributed by atoms with E-state index >= 15 is 0 Å². The third kappa shape index (κ3) is 5.37. The van der Waals surface area contributed by atoms with E-state index in [2.05, 4.69) is 5.32 Å². The highest BCUT2D eigenvalue weighted by Gasteiger charge is 2.23. The van der Waals surface area contributed by atoms with Gasteiger partial charge < -0.3 is 10.1 Å². The smallest absolute Gasteiger partial charge is 0.245 e. The van der Waals surface area contributed by atoms with Crippen molar-refractivity contribution in [1.29, 1.82) is 0 Å². The van der Waals surface area contributed by atoms with Crippen LogP contribution in [-0.4, -0.2) is 33.7 Å². The maximum absolute atomic E-state index is 12.3. The van der Waals surface area contributed by atoms with Crippen molar-refractivity contribution in [1.82, 2.24) is 0 Å². The molecule has 134 valence electrons. The Morgan fingerprint density at radius 1 is 1.20 bits per heavy atom. The molecular weight excluding hydrogens is 364 g/mol. The van der Waals surface area contributed by atoms with Gasteiger partial charge in [0.05, 0.1) is 18.6 Å². The number of para-hydroxylation sites is 2. The van der Waals surface area contributed by atoms with Crippen LogP contribution in [0.15, 0.2) is 48.5 Å². The third-order valence-corrected chi connectivity index (χ3v) is 4.59. The van der Waals surface area contributed by atoms with Gasteiger partial charge in [-0.05, 0) is 37.3 Å². The predicted molar refractivity (Wildman–Crippen MR) is 99.9 cm³/mol. The van der Waals surface area contributed by atoms with Gasteiger partial charge in [-0.2, -0.15) is 0 Å². The van der Waals surface area contributed by atoms with Crippen molar-refractivity contribution in [2.45, 2.75) is 6.92 Å². The van der Waals surface area contributed by atoms with Crippen molar-refractivity contribution in [3.8, 4) is 5.75 Å². The van der Waals surface area contributed by atoms with Gasteiger partial charge in [-0.15, -0.1) is 0 Å². The third-order valence-electron chi connectivity index (χ3n) is 3.23. The van der Waals surface area contributed by atoms with E-state index in [0.717, 1.165) is 10.6 Å². The Morgan fingerprint density at radius 3 is 2.56 bits per heavy atom. The van der Waals surface area contributed by atoms with Crippen LogP contribution in [0.4, 0.5) is 11.4 Å². The van der Waals surface area contributed by atoms with Gasteiger partial charge in [0.2, 0.25) is 15.9 Å². The number of sulfonamides is 1. The van der Waals surface area contributed by atoms with E-state index in [1.165, 1.54) is 0 Å². The number of rotatable bonds is 7. The summed E-state index contributed by atoms with van der Waals surface area (Å²) in [5.74, 6) is -0.0926. The Morgan fingerprint density at radius 2 is 1.92 bits per heavy atom. The van der Waals surface area contributed by atoms with Crippen LogP contribution in [0.25, 0.3) is 0 Å². The van der Waals surface area contributed by atoms with Gasteiger partial charge in [0, 0.05) is 10.7 Å². The van der Waals surface area contributed by atoms with Crippen molar-refractivity contribution in [2.75, 3.05) is 29.0 Å². The van der Waals surface area contributed by atoms with Gasteiger partial charge in [-0.1, -0.05) is 29.8 Å². The van der Waals surface area contributed by atoms with Crippen LogP contribution < -0.4 is 14.4 Å². The summed E-state index contributed by atoms with van der Waals surface area (Å²) in [6, 6.07) is 13.3. The van der Waals surface area contributed by atoms with E-state index in [4.69, 9.17) is 16.3 Å². The van der Waals surface area contributed by atoms with Crippen LogP contribution in [0.2, 0.25) is 5.02 Å². The second kappa shape index (κ2) is 8.22. The van der Waals surface area contributed by atoms with E-state index in [9.17, 15) is 13.2 Å². The first-order chi connectivity index (χ1) is 11.8. The molecule has 0 heterocycles. The maximum Gasteiger partial charge on any atom is 0.245 e. The van der Waals surface area contributed by atoms with Crippen LogP contribution in [0, 0.1) is 0 Å². The van der Waals surface area contributed by atoms with Crippen LogP contribution in [0.5, 0.6) is 5.75 Å². The SMILES string of the molecule is CCOc1ccccc1N(CC(=O)Nc1cccc(Cl)c1)S(C)(=O)=O. The summed E-state index contributed by atoms with van der Waals surface area (Å²) in [6.07, 6.45) is 1.04. The maximum atomic E-state index is 12.3. The van der Waals surface area contributed by atoms with Crippen LogP contribution in [-0.2, 0) is 14.8 Å². The normalized spacial score (nSPS) is 11.0. The molecule has 1 amide bonds. The van der Waals surface area contributed by atoms with E-state index in [-0.39, 0.29) is 6.54 Å². The molecule has 0 radical (unpaired) electrons. The lowest BCUT2D eigenvalue weighted by Crippen LogP contribution is -2.37. The van der Waals surface area contributed by atoms with Crippen LogP contribution >= 0.6 is 11.6 Å². The molecule has 0 bridgehead atoms. The molecule has 0 atom stereocenters. The van der Waals surface area contributed by atoms with Gasteiger partial charge in [0.15, 0.2) is 0 Å². The summed E-state index contributed by atoms with van der Waals surface area (Å²) in [4.78, 5) is 12.3. The summed E-state index contributed by atoms with van der Waals surface area (Å²) in [5, 5.41) is 3.11. The second-order valence-corrected chi connectivity index (χ2v) is 7.57. The standard InChI is InChI=1S/C17H19ClN2O4S/c1-3-24-16-10-5-4-9-15(16)20(25(2,22)23)12-17(21)19-14-8-6-7-13(18)11-14/h4-11H,3,12H2,1-2H3,(H,19,21). The summed E-state index contributed by atoms with van der Waals surface area (Å²) >= 11 is 5.88. The van der Waals surface area contributed by atoms with Gasteiger partial charge in [0.1, 0.15) is 12.3 Å². The average Bonchev–Trinajstić information content (AvgIpc) is 2.53. The van der Waals surface area contributed by atoms with E-state index in [1.807, 2.05) is 0 Å². The fraction of sp³-hybridized carbons (Fsp3) is 0.235. The Kier molecular flexibility index (Phi) is 6.27. The molecule has 1 N–H and O–H groups in total. The molecule has 2 rings (SSSR count). The average molecular weight is 383 g/mol. The molecule has 2 aromatic carbocycles. The van der Waals surface area contributed by atoms with Gasteiger partial charge in [-0.3, -0.25) is 9.10 Å². The predicted octanol–water partition coefficient (Wildman–Crippen LogP) is 3.14. The number of halogens is 1. The lowest BCUT2D eigenvalue weighted by molar-refractivity contribution is -0.114. The lowest BCUT2D eigenvalue weighted by atomic mass is 10.3. The van der Waals surface area contributed by atoms with Crippen LogP contribution in [0.3, 0.4) is 0 Å². The molecule has 0 aliphatic heterocycles. The fourth-order valence-electron chi connectivity index (χ4n) is 2.22. The number of hydrogen-bond acceptors (Lipinski definition) is 4. The summed E-state index contributed by atoms with van der Waals surface area (Å²) in [7, 11) is -3.69. The molecule has 6 nitrogen and oxygen atoms in total. The Hall–Kier alpha value is -2.25. The highest BCUT2D eigenvalue weighted by Crippen LogP contribution is 2.29. The molecule has 25 heavy (non-hydrogen) atoms. The summed E-state index contributed by atoms with van der Waals surface area (Å²) in [5.41, 5.74) is 0.803. The lowest BCUT2D eigenvalue weighted by Gasteiger charge is -2.24. The molecule has 2 aromatic rings. The highest BCUT2D eigenvalue weighted by atomic mass is 35.5. The Balaban J connectivity index is 2.26. The molecule has 0 spiro atoms. The number of amides is 1. The quantitative estimate of drug-likeness (QED) is 0.798. The molecule has 0 unspecified atom stereocenters. The highest BCUT2D eigenvalue weighted by molar-refractivity contribution is 7.92. The minimum absolute atomic E-state index is 0.313. The van der Waals surface area contributed by atoms with Gasteiger partial charge in [-0.25, -0.2) is 8.42 Å². The fourth-order valence-corrected chi connectivity index (χ4v) is 3.27. The number of carbonyl (C=O) groups excluding carboxylic acids is 1. The number of nitrogens with one attached hydrogen (secondary N) is 1. The molecular formula is C17H19ClN2O4S. The van der Waals surface area contributed by atoms with E-state index < -0.39 is 15.9 Å². The topological polar surface area (TPSA) is 75.7 Å². The molecule has 0 aliphatic carbocycles. The van der Waals surface area contributed by atoms with E-state index in [0.29, 0.717) is 28.8 Å². The summed E-state index contributed by atoms with van der Waals surface area (Å²) in [6.45, 7) is 1.80. The van der Waals surface area contributed by atoms with Crippen molar-refractivity contribution in [3.63, 3.8) is 0 Å². The number of hydrogen-bond donors (Lipinski definition) is 1. The number of anilines is 2. The zero-order valence-electron chi connectivity index (χ0n) is 13.9. The van der Waals surface area contributed by atoms with Gasteiger partial charge in [0.25, 0.3) is 0 Å². The largest absolute Gasteiger partial charge is 0.492 e. The first kappa shape index (κ1) is 19.1. The minimum atomic E-state index is -3.69. The van der Waals surface area contributed by atoms with Crippen molar-refractivity contribution < 1.29 is 17.9 Å². The van der Waals surface area contributed by atoms with Crippen LogP contribution in [0.1, 0.15) is 6.92 Å². The monoisotopic (exact) mass is 382 g/mol. The summed E-state index contributed by atoms with van der Waals surface area (Å²) < 4.78 is 30.9. The van der Waals surface area contributed by atoms with E-state index in [1.54, 1.807) is 55.5 Å². The molecule has 0 aromatic heterocycles. The minimum Gasteiger partial charge on any atom is -0.492 e. The molecule has 0 aliphatic rings. The number of benzene rings is 2. The Labute approximate surface area is 152 Å². The first-order valence-electron chi connectivity index (χ1n) is 7.56. The number of ether oxygens (including phenoxy) is 1.